The van der Waals surface area contributed by atoms with Crippen molar-refractivity contribution in [2.45, 2.75) is 191 Å². The number of carbonyl (C=O) groups is 2. The molecular formula is C55H77NO15. The molecule has 1 aromatic carbocycles. The first-order valence-corrected chi connectivity index (χ1v) is 25.7. The van der Waals surface area contributed by atoms with Gasteiger partial charge in [0.1, 0.15) is 35.9 Å². The number of esters is 1. The third kappa shape index (κ3) is 11.5. The van der Waals surface area contributed by atoms with Crippen LogP contribution in [0.25, 0.3) is 0 Å². The summed E-state index contributed by atoms with van der Waals surface area (Å²) in [6, 6.07) is 8.28. The Labute approximate surface area is 418 Å². The van der Waals surface area contributed by atoms with Crippen molar-refractivity contribution in [1.29, 1.82) is 0 Å². The predicted molar refractivity (Wildman–Crippen MR) is 260 cm³/mol. The van der Waals surface area contributed by atoms with Crippen LogP contribution in [-0.2, 0) is 57.0 Å². The summed E-state index contributed by atoms with van der Waals surface area (Å²) in [6.45, 7) is 16.1. The minimum Gasteiger partial charge on any atom is -0.462 e. The van der Waals surface area contributed by atoms with E-state index in [4.69, 9.17) is 52.2 Å². The van der Waals surface area contributed by atoms with Crippen LogP contribution >= 0.6 is 0 Å². The molecule has 1 aromatic rings. The lowest BCUT2D eigenvalue weighted by atomic mass is 9.71. The molecule has 7 aliphatic rings. The van der Waals surface area contributed by atoms with Crippen LogP contribution in [0.1, 0.15) is 104 Å². The predicted octanol–water partition coefficient (Wildman–Crippen LogP) is 6.75. The second-order valence-corrected chi connectivity index (χ2v) is 20.9. The van der Waals surface area contributed by atoms with Crippen molar-refractivity contribution in [3.63, 3.8) is 0 Å². The SMILES string of the molecule is CCC(C)[C@H]1O[C@]2(C=C[C@@H]1C)C[C@@H]1C[C@@H](C/C=C(\C)[C@@H](O[C@H]3C[C@H](OC)[C@@H](O[C@H]4C[C@H](OC)[C@H](NOC(=O)c5ccccc5)[C@H](C)O4)[C@H](C)O3)[C@@H](C)/C=C/C=C3\COC4[C@H](O)C(C)=C[C@@H](C(=O)O1)C34O)O2. The minimum atomic E-state index is -1.85. The zero-order valence-corrected chi connectivity index (χ0v) is 43.0. The van der Waals surface area contributed by atoms with Crippen LogP contribution in [0.3, 0.4) is 0 Å². The number of nitrogens with one attached hydrogen (secondary N) is 1. The number of rotatable bonds is 11. The van der Waals surface area contributed by atoms with E-state index >= 15 is 0 Å². The number of aliphatic hydroxyl groups is 2. The van der Waals surface area contributed by atoms with Crippen molar-refractivity contribution in [2.75, 3.05) is 20.8 Å². The Balaban J connectivity index is 1.01. The quantitative estimate of drug-likeness (QED) is 0.120. The molecule has 4 fully saturated rings. The fourth-order valence-corrected chi connectivity index (χ4v) is 11.5. The molecule has 1 spiro atoms. The number of fused-ring (bicyclic) bond motifs is 2. The molecule has 20 atom stereocenters. The standard InChI is InChI=1S/C55H77NO15/c1-11-30(2)49-33(5)22-23-54(70-49)28-40-25-39(69-54)21-20-32(4)48(31(3)16-15-19-38-29-63-51-47(57)34(6)24-41(53(59)66-40)55(38,51)60)67-45-27-43(62-10)50(36(8)65-45)68-44-26-42(61-9)46(35(7)64-44)56-71-52(58)37-17-13-12-14-18-37/h12-20,22-24,30-31,33,35-36,39-51,56-57,60H,11,21,25-29H2,1-10H3/b16-15+,32-20+,38-19+/t30?,31-,33-,35-,36-,39+,40-,41-,42-,43-,44-,45-,46+,47+,48-,49+,50-,51?,54+,55?/m0/s1. The van der Waals surface area contributed by atoms with E-state index in [1.165, 1.54) is 0 Å². The van der Waals surface area contributed by atoms with Crippen LogP contribution in [0, 0.1) is 23.7 Å². The molecule has 4 saturated heterocycles. The minimum absolute atomic E-state index is 0.0189. The van der Waals surface area contributed by atoms with Crippen LogP contribution in [0.15, 0.2) is 89.6 Å². The van der Waals surface area contributed by atoms with Crippen LogP contribution in [0.5, 0.6) is 0 Å². The summed E-state index contributed by atoms with van der Waals surface area (Å²) in [6.07, 6.45) is 8.88. The maximum absolute atomic E-state index is 14.4. The van der Waals surface area contributed by atoms with Crippen molar-refractivity contribution in [3.8, 4) is 0 Å². The third-order valence-corrected chi connectivity index (χ3v) is 15.8. The highest BCUT2D eigenvalue weighted by atomic mass is 16.7. The monoisotopic (exact) mass is 992 g/mol. The second kappa shape index (κ2) is 22.9. The van der Waals surface area contributed by atoms with Gasteiger partial charge in [0.2, 0.25) is 0 Å². The van der Waals surface area contributed by atoms with Gasteiger partial charge in [-0.25, -0.2) is 4.79 Å². The summed E-state index contributed by atoms with van der Waals surface area (Å²) in [4.78, 5) is 32.6. The van der Waals surface area contributed by atoms with Crippen molar-refractivity contribution < 1.29 is 72.0 Å². The summed E-state index contributed by atoms with van der Waals surface area (Å²) in [7, 11) is 3.25. The molecule has 0 radical (unpaired) electrons. The van der Waals surface area contributed by atoms with E-state index in [9.17, 15) is 19.8 Å². The van der Waals surface area contributed by atoms with Gasteiger partial charge in [0.05, 0.1) is 60.9 Å². The number of hydrogen-bond acceptors (Lipinski definition) is 16. The molecule has 0 saturated carbocycles. The highest BCUT2D eigenvalue weighted by molar-refractivity contribution is 5.89. The maximum atomic E-state index is 14.4. The number of ether oxygens (including phenoxy) is 10. The molecule has 0 aromatic heterocycles. The zero-order valence-electron chi connectivity index (χ0n) is 43.0. The van der Waals surface area contributed by atoms with E-state index in [0.29, 0.717) is 42.4 Å². The van der Waals surface area contributed by atoms with Crippen molar-refractivity contribution in [1.82, 2.24) is 5.48 Å². The number of allylic oxidation sites excluding steroid dienone is 2. The van der Waals surface area contributed by atoms with E-state index in [2.05, 4.69) is 45.3 Å². The molecule has 71 heavy (non-hydrogen) atoms. The van der Waals surface area contributed by atoms with E-state index in [-0.39, 0.29) is 36.9 Å². The van der Waals surface area contributed by atoms with Gasteiger partial charge in [-0.2, -0.15) is 0 Å². The first-order valence-electron chi connectivity index (χ1n) is 25.7. The molecule has 392 valence electrons. The fourth-order valence-electron chi connectivity index (χ4n) is 11.5. The highest BCUT2D eigenvalue weighted by Crippen LogP contribution is 2.47. The fraction of sp³-hybridized carbons (Fsp3) is 0.673. The number of methoxy groups -OCH3 is 2. The second-order valence-electron chi connectivity index (χ2n) is 20.9. The lowest BCUT2D eigenvalue weighted by Gasteiger charge is -2.48. The summed E-state index contributed by atoms with van der Waals surface area (Å²) in [5.41, 5.74) is 3.37. The van der Waals surface area contributed by atoms with E-state index in [1.54, 1.807) is 57.6 Å². The Morgan fingerprint density at radius 2 is 1.62 bits per heavy atom. The summed E-state index contributed by atoms with van der Waals surface area (Å²) in [5.74, 6) is -3.17. The molecule has 2 bridgehead atoms. The number of carbonyl (C=O) groups excluding carboxylic acids is 2. The molecule has 3 N–H and O–H groups in total. The first-order chi connectivity index (χ1) is 34.0. The third-order valence-electron chi connectivity index (χ3n) is 15.8. The Bertz CT molecular complexity index is 2160. The van der Waals surface area contributed by atoms with Gasteiger partial charge in [0, 0.05) is 51.7 Å². The average molecular weight is 992 g/mol. The van der Waals surface area contributed by atoms with E-state index < -0.39 is 109 Å². The van der Waals surface area contributed by atoms with Gasteiger partial charge in [-0.15, -0.1) is 5.48 Å². The Kier molecular flexibility index (Phi) is 17.3. The van der Waals surface area contributed by atoms with Gasteiger partial charge in [-0.3, -0.25) is 4.79 Å². The van der Waals surface area contributed by atoms with Crippen LogP contribution in [0.4, 0.5) is 0 Å². The van der Waals surface area contributed by atoms with Gasteiger partial charge in [-0.1, -0.05) is 88.8 Å². The average Bonchev–Trinajstić information content (AvgIpc) is 3.70. The topological polar surface area (TPSA) is 188 Å². The highest BCUT2D eigenvalue weighted by Gasteiger charge is 2.60. The van der Waals surface area contributed by atoms with Crippen molar-refractivity contribution >= 4 is 11.9 Å². The van der Waals surface area contributed by atoms with Gasteiger partial charge >= 0.3 is 11.9 Å². The molecule has 6 heterocycles. The lowest BCUT2D eigenvalue weighted by molar-refractivity contribution is -0.313. The molecule has 1 aliphatic carbocycles. The molecule has 0 amide bonds. The summed E-state index contributed by atoms with van der Waals surface area (Å²) in [5, 5.41) is 23.8. The van der Waals surface area contributed by atoms with E-state index in [0.717, 1.165) is 12.0 Å². The van der Waals surface area contributed by atoms with Gasteiger partial charge < -0.3 is 62.4 Å². The van der Waals surface area contributed by atoms with Crippen LogP contribution < -0.4 is 5.48 Å². The Morgan fingerprint density at radius 3 is 2.35 bits per heavy atom. The molecule has 3 unspecified atom stereocenters. The zero-order chi connectivity index (χ0) is 50.8. The van der Waals surface area contributed by atoms with Gasteiger partial charge in [0.15, 0.2) is 18.4 Å². The summed E-state index contributed by atoms with van der Waals surface area (Å²) >= 11 is 0. The normalized spacial score (nSPS) is 44.3. The molecular weight excluding hydrogens is 915 g/mol. The van der Waals surface area contributed by atoms with Crippen molar-refractivity contribution in [2.24, 2.45) is 23.7 Å². The summed E-state index contributed by atoms with van der Waals surface area (Å²) < 4.78 is 64.8. The number of benzene rings is 1. The van der Waals surface area contributed by atoms with Crippen LogP contribution in [-0.4, -0.2) is 140 Å². The van der Waals surface area contributed by atoms with E-state index in [1.807, 2.05) is 45.1 Å². The number of hydroxylamine groups is 1. The first kappa shape index (κ1) is 53.7. The molecule has 16 nitrogen and oxygen atoms in total. The van der Waals surface area contributed by atoms with Gasteiger partial charge in [0.25, 0.3) is 0 Å². The number of aliphatic hydroxyl groups excluding tert-OH is 1. The van der Waals surface area contributed by atoms with Crippen molar-refractivity contribution in [3.05, 3.63) is 95.1 Å². The smallest absolute Gasteiger partial charge is 0.356 e. The molecule has 16 heteroatoms. The molecule has 6 aliphatic heterocycles. The van der Waals surface area contributed by atoms with Gasteiger partial charge in [-0.05, 0) is 75.0 Å². The maximum Gasteiger partial charge on any atom is 0.356 e. The van der Waals surface area contributed by atoms with Crippen LogP contribution in [0.2, 0.25) is 0 Å². The lowest BCUT2D eigenvalue weighted by Crippen LogP contribution is -2.58. The molecule has 8 rings (SSSR count). The largest absolute Gasteiger partial charge is 0.462 e. The number of hydrogen-bond donors (Lipinski definition) is 3. The Hall–Kier alpha value is -3.62. The Morgan fingerprint density at radius 1 is 0.901 bits per heavy atom.